The topological polar surface area (TPSA) is 70.6 Å². The molecule has 0 radical (unpaired) electrons. The highest BCUT2D eigenvalue weighted by molar-refractivity contribution is 9.10. The van der Waals surface area contributed by atoms with Crippen LogP contribution < -0.4 is 15.4 Å². The molecule has 2 aliphatic rings. The smallest absolute Gasteiger partial charge is 0.256 e. The highest BCUT2D eigenvalue weighted by Gasteiger charge is 2.32. The summed E-state index contributed by atoms with van der Waals surface area (Å²) in [6.07, 6.45) is 4.04. The van der Waals surface area contributed by atoms with Gasteiger partial charge in [-0.25, -0.2) is 0 Å². The molecule has 0 saturated heterocycles. The van der Waals surface area contributed by atoms with Crippen LogP contribution in [0.5, 0.6) is 11.5 Å². The Balaban J connectivity index is 1.72. The Morgan fingerprint density at radius 1 is 1.29 bits per heavy atom. The van der Waals surface area contributed by atoms with Crippen molar-refractivity contribution in [2.24, 2.45) is 0 Å². The molecule has 0 unspecified atom stereocenters. The number of ether oxygens (including phenoxy) is 1. The maximum Gasteiger partial charge on any atom is 0.256 e. The zero-order chi connectivity index (χ0) is 16.8. The number of halogens is 1. The summed E-state index contributed by atoms with van der Waals surface area (Å²) in [7, 11) is 1.50. The quantitative estimate of drug-likeness (QED) is 0.703. The number of hydrogen-bond acceptors (Lipinski definition) is 5. The maximum absolute atomic E-state index is 12.7. The number of fused-ring (bicyclic) bond motifs is 3. The summed E-state index contributed by atoms with van der Waals surface area (Å²) in [5.41, 5.74) is 2.85. The van der Waals surface area contributed by atoms with Crippen LogP contribution in [0, 0.1) is 0 Å². The van der Waals surface area contributed by atoms with Crippen LogP contribution >= 0.6 is 27.3 Å². The van der Waals surface area contributed by atoms with Crippen LogP contribution in [0.15, 0.2) is 16.6 Å². The molecule has 2 heterocycles. The van der Waals surface area contributed by atoms with Gasteiger partial charge in [-0.1, -0.05) is 0 Å². The molecule has 7 heteroatoms. The summed E-state index contributed by atoms with van der Waals surface area (Å²) < 4.78 is 5.73. The number of amides is 1. The SMILES string of the molecule is COc1cc([C@H]2NC(=O)c3c(sc4c3CCCC4)N2)cc(Br)c1O. The molecule has 2 aromatic rings. The summed E-state index contributed by atoms with van der Waals surface area (Å²) in [5.74, 6) is 0.388. The van der Waals surface area contributed by atoms with E-state index in [2.05, 4.69) is 26.6 Å². The lowest BCUT2D eigenvalue weighted by molar-refractivity contribution is 0.0935. The second-order valence-electron chi connectivity index (χ2n) is 6.02. The fourth-order valence-corrected chi connectivity index (χ4v) is 5.14. The minimum absolute atomic E-state index is 0.0312. The molecule has 5 nitrogen and oxygen atoms in total. The molecule has 1 amide bonds. The van der Waals surface area contributed by atoms with Gasteiger partial charge < -0.3 is 20.5 Å². The van der Waals surface area contributed by atoms with Gasteiger partial charge in [-0.05, 0) is 64.9 Å². The number of phenolic OH excluding ortho intramolecular Hbond substituents is 1. The molecule has 1 atom stereocenters. The van der Waals surface area contributed by atoms with Crippen molar-refractivity contribution < 1.29 is 14.6 Å². The molecule has 1 aromatic heterocycles. The van der Waals surface area contributed by atoms with Crippen LogP contribution in [0.3, 0.4) is 0 Å². The predicted octanol–water partition coefficient (Wildman–Crippen LogP) is 3.96. The maximum atomic E-state index is 12.7. The van der Waals surface area contributed by atoms with E-state index in [4.69, 9.17) is 4.74 Å². The summed E-state index contributed by atoms with van der Waals surface area (Å²) in [6.45, 7) is 0. The minimum atomic E-state index is -0.351. The number of hydrogen-bond donors (Lipinski definition) is 3. The van der Waals surface area contributed by atoms with Crippen molar-refractivity contribution in [3.63, 3.8) is 0 Å². The van der Waals surface area contributed by atoms with Crippen LogP contribution in [0.25, 0.3) is 0 Å². The molecule has 126 valence electrons. The van der Waals surface area contributed by atoms with E-state index in [1.165, 1.54) is 24.0 Å². The van der Waals surface area contributed by atoms with Gasteiger partial charge in [0.1, 0.15) is 11.2 Å². The first-order valence-electron chi connectivity index (χ1n) is 7.87. The van der Waals surface area contributed by atoms with Crippen molar-refractivity contribution in [3.8, 4) is 11.5 Å². The van der Waals surface area contributed by atoms with Crippen LogP contribution in [0.2, 0.25) is 0 Å². The molecule has 24 heavy (non-hydrogen) atoms. The second-order valence-corrected chi connectivity index (χ2v) is 7.98. The Bertz CT molecular complexity index is 834. The number of aromatic hydroxyl groups is 1. The van der Waals surface area contributed by atoms with Crippen molar-refractivity contribution in [2.45, 2.75) is 31.8 Å². The van der Waals surface area contributed by atoms with Crippen molar-refractivity contribution in [3.05, 3.63) is 38.2 Å². The minimum Gasteiger partial charge on any atom is -0.503 e. The van der Waals surface area contributed by atoms with Gasteiger partial charge in [-0.2, -0.15) is 0 Å². The zero-order valence-electron chi connectivity index (χ0n) is 13.1. The molecule has 0 fully saturated rings. The number of methoxy groups -OCH3 is 1. The molecule has 4 rings (SSSR count). The first-order chi connectivity index (χ1) is 11.6. The summed E-state index contributed by atoms with van der Waals surface area (Å²) >= 11 is 5.02. The number of carbonyl (C=O) groups excluding carboxylic acids is 1. The average Bonchev–Trinajstić information content (AvgIpc) is 2.96. The first-order valence-corrected chi connectivity index (χ1v) is 9.47. The van der Waals surface area contributed by atoms with Gasteiger partial charge in [0.15, 0.2) is 11.5 Å². The Morgan fingerprint density at radius 2 is 2.08 bits per heavy atom. The monoisotopic (exact) mass is 408 g/mol. The van der Waals surface area contributed by atoms with Crippen LogP contribution in [-0.2, 0) is 12.8 Å². The largest absolute Gasteiger partial charge is 0.503 e. The van der Waals surface area contributed by atoms with E-state index in [1.807, 2.05) is 0 Å². The van der Waals surface area contributed by atoms with Gasteiger partial charge in [-0.15, -0.1) is 11.3 Å². The van der Waals surface area contributed by atoms with E-state index < -0.39 is 0 Å². The molecule has 1 aromatic carbocycles. The number of carbonyl (C=O) groups is 1. The lowest BCUT2D eigenvalue weighted by Crippen LogP contribution is -2.38. The van der Waals surface area contributed by atoms with Gasteiger partial charge >= 0.3 is 0 Å². The number of nitrogens with one attached hydrogen (secondary N) is 2. The number of phenols is 1. The molecule has 0 bridgehead atoms. The molecule has 0 spiro atoms. The second kappa shape index (κ2) is 5.97. The number of anilines is 1. The standard InChI is InChI=1S/C17H17BrN2O3S/c1-23-11-7-8(6-10(18)14(11)21)15-19-16(22)13-9-4-2-3-5-12(9)24-17(13)20-15/h6-7,15,20-21H,2-5H2,1H3,(H,19,22)/t15-/m0/s1. The lowest BCUT2D eigenvalue weighted by Gasteiger charge is -2.27. The highest BCUT2D eigenvalue weighted by atomic mass is 79.9. The van der Waals surface area contributed by atoms with Crippen molar-refractivity contribution >= 4 is 38.2 Å². The number of thiophene rings is 1. The van der Waals surface area contributed by atoms with E-state index in [0.29, 0.717) is 10.2 Å². The third-order valence-corrected chi connectivity index (χ3v) is 6.38. The fourth-order valence-electron chi connectivity index (χ4n) is 3.36. The molecule has 3 N–H and O–H groups in total. The van der Waals surface area contributed by atoms with E-state index in [0.717, 1.165) is 35.4 Å². The number of benzene rings is 1. The van der Waals surface area contributed by atoms with Crippen LogP contribution in [0.1, 0.15) is 45.4 Å². The normalized spacial score (nSPS) is 19.1. The Labute approximate surface area is 152 Å². The van der Waals surface area contributed by atoms with Crippen LogP contribution in [-0.4, -0.2) is 18.1 Å². The highest BCUT2D eigenvalue weighted by Crippen LogP contribution is 2.43. The summed E-state index contributed by atoms with van der Waals surface area (Å²) in [6, 6.07) is 3.52. The average molecular weight is 409 g/mol. The zero-order valence-corrected chi connectivity index (χ0v) is 15.5. The van der Waals surface area contributed by atoms with Crippen molar-refractivity contribution in [1.29, 1.82) is 0 Å². The Kier molecular flexibility index (Phi) is 3.92. The number of aryl methyl sites for hydroxylation is 1. The van der Waals surface area contributed by atoms with Gasteiger partial charge in [0, 0.05) is 4.88 Å². The molecule has 1 aliphatic carbocycles. The Morgan fingerprint density at radius 3 is 2.88 bits per heavy atom. The van der Waals surface area contributed by atoms with Gasteiger partial charge in [-0.3, -0.25) is 4.79 Å². The van der Waals surface area contributed by atoms with Crippen molar-refractivity contribution in [1.82, 2.24) is 5.32 Å². The molecular formula is C17H17BrN2O3S. The number of rotatable bonds is 2. The van der Waals surface area contributed by atoms with Crippen LogP contribution in [0.4, 0.5) is 5.00 Å². The van der Waals surface area contributed by atoms with E-state index in [9.17, 15) is 9.90 Å². The van der Waals surface area contributed by atoms with E-state index >= 15 is 0 Å². The van der Waals surface area contributed by atoms with E-state index in [1.54, 1.807) is 23.5 Å². The Hall–Kier alpha value is -1.73. The third-order valence-electron chi connectivity index (χ3n) is 4.55. The van der Waals surface area contributed by atoms with Gasteiger partial charge in [0.05, 0.1) is 17.1 Å². The van der Waals surface area contributed by atoms with Gasteiger partial charge in [0.2, 0.25) is 0 Å². The molecule has 0 saturated carbocycles. The first kappa shape index (κ1) is 15.8. The molecular weight excluding hydrogens is 392 g/mol. The lowest BCUT2D eigenvalue weighted by atomic mass is 9.94. The summed E-state index contributed by atoms with van der Waals surface area (Å²) in [4.78, 5) is 14.0. The fraction of sp³-hybridized carbons (Fsp3) is 0.353. The summed E-state index contributed by atoms with van der Waals surface area (Å²) in [5, 5.41) is 17.4. The third kappa shape index (κ3) is 2.46. The van der Waals surface area contributed by atoms with Gasteiger partial charge in [0.25, 0.3) is 5.91 Å². The van der Waals surface area contributed by atoms with Crippen molar-refractivity contribution in [2.75, 3.05) is 12.4 Å². The van der Waals surface area contributed by atoms with E-state index in [-0.39, 0.29) is 17.8 Å². The molecule has 1 aliphatic heterocycles. The predicted molar refractivity (Wildman–Crippen MR) is 97.1 cm³/mol.